The van der Waals surface area contributed by atoms with E-state index in [0.717, 1.165) is 17.7 Å². The van der Waals surface area contributed by atoms with E-state index in [2.05, 4.69) is 20.3 Å². The largest absolute Gasteiger partial charge is 0.464 e. The van der Waals surface area contributed by atoms with Crippen LogP contribution in [-0.2, 0) is 9.47 Å². The van der Waals surface area contributed by atoms with Gasteiger partial charge in [0.05, 0.1) is 36.2 Å². The molecule has 4 aromatic rings. The molecule has 0 aliphatic carbocycles. The number of H-pyrrole nitrogens is 1. The normalized spacial score (nSPS) is 15.9. The highest BCUT2D eigenvalue weighted by molar-refractivity contribution is 5.99. The van der Waals surface area contributed by atoms with Gasteiger partial charge < -0.3 is 34.5 Å². The first kappa shape index (κ1) is 28.6. The maximum absolute atomic E-state index is 15.2. The molecule has 0 radical (unpaired) electrons. The van der Waals surface area contributed by atoms with Crippen LogP contribution in [0.5, 0.6) is 11.5 Å². The molecule has 1 spiro atoms. The van der Waals surface area contributed by atoms with Crippen LogP contribution < -0.4 is 10.1 Å². The van der Waals surface area contributed by atoms with Gasteiger partial charge in [-0.1, -0.05) is 12.1 Å². The Balaban J connectivity index is 1.23. The second kappa shape index (κ2) is 10.9. The zero-order valence-electron chi connectivity index (χ0n) is 23.9. The van der Waals surface area contributed by atoms with E-state index in [-0.39, 0.29) is 35.3 Å². The molecule has 0 saturated carbocycles. The molecule has 1 fully saturated rings. The Hall–Kier alpha value is -4.55. The van der Waals surface area contributed by atoms with Gasteiger partial charge in [0.15, 0.2) is 17.4 Å². The summed E-state index contributed by atoms with van der Waals surface area (Å²) in [4.78, 5) is 26.0. The van der Waals surface area contributed by atoms with E-state index in [4.69, 9.17) is 14.2 Å². The molecular weight excluding hydrogens is 560 g/mol. The SMILES string of the molecule is CN(CC(C)(C)O)C(=O)c1ccc(-c2c[nH]c3nccc(Oc4c(F)cc(NC5=NCC6(COC6)CO5)cc4F)c23)cc1. The number of carbonyl (C=O) groups excluding carboxylic acids is 1. The molecule has 6 rings (SSSR count). The summed E-state index contributed by atoms with van der Waals surface area (Å²) < 4.78 is 47.1. The van der Waals surface area contributed by atoms with E-state index in [1.54, 1.807) is 51.4 Å². The number of nitrogens with one attached hydrogen (secondary N) is 2. The van der Waals surface area contributed by atoms with Crippen molar-refractivity contribution >= 4 is 28.6 Å². The van der Waals surface area contributed by atoms with Crippen molar-refractivity contribution in [2.45, 2.75) is 19.4 Å². The lowest BCUT2D eigenvalue weighted by atomic mass is 9.87. The van der Waals surface area contributed by atoms with Crippen LogP contribution in [0.2, 0.25) is 0 Å². The highest BCUT2D eigenvalue weighted by Gasteiger charge is 2.42. The summed E-state index contributed by atoms with van der Waals surface area (Å²) >= 11 is 0. The lowest BCUT2D eigenvalue weighted by Crippen LogP contribution is -2.51. The van der Waals surface area contributed by atoms with Gasteiger partial charge in [-0.2, -0.15) is 0 Å². The van der Waals surface area contributed by atoms with Gasteiger partial charge in [0.25, 0.3) is 11.9 Å². The number of amides is 1. The lowest BCUT2D eigenvalue weighted by molar-refractivity contribution is -0.132. The van der Waals surface area contributed by atoms with Crippen molar-refractivity contribution in [1.82, 2.24) is 14.9 Å². The van der Waals surface area contributed by atoms with Gasteiger partial charge in [0.1, 0.15) is 18.0 Å². The third-order valence-electron chi connectivity index (χ3n) is 7.30. The molecule has 0 unspecified atom stereocenters. The fraction of sp³-hybridized carbons (Fsp3) is 0.323. The fourth-order valence-electron chi connectivity index (χ4n) is 5.16. The van der Waals surface area contributed by atoms with Gasteiger partial charge in [-0.3, -0.25) is 4.79 Å². The molecule has 2 aromatic heterocycles. The number of likely N-dealkylation sites (N-methyl/N-ethyl adjacent to an activating group) is 1. The molecule has 1 saturated heterocycles. The highest BCUT2D eigenvalue weighted by atomic mass is 19.1. The third kappa shape index (κ3) is 5.88. The van der Waals surface area contributed by atoms with Gasteiger partial charge in [0, 0.05) is 54.9 Å². The van der Waals surface area contributed by atoms with Crippen LogP contribution in [0.3, 0.4) is 0 Å². The summed E-state index contributed by atoms with van der Waals surface area (Å²) in [5, 5.41) is 13.4. The minimum Gasteiger partial charge on any atom is -0.464 e. The molecule has 2 aliphatic heterocycles. The van der Waals surface area contributed by atoms with Crippen molar-refractivity contribution in [2.24, 2.45) is 10.4 Å². The monoisotopic (exact) mass is 591 g/mol. The van der Waals surface area contributed by atoms with E-state index in [0.29, 0.717) is 48.5 Å². The Morgan fingerprint density at radius 2 is 1.88 bits per heavy atom. The van der Waals surface area contributed by atoms with Crippen LogP contribution in [0.1, 0.15) is 24.2 Å². The predicted octanol–water partition coefficient (Wildman–Crippen LogP) is 4.96. The minimum atomic E-state index is -1.03. The number of pyridine rings is 1. The van der Waals surface area contributed by atoms with E-state index >= 15 is 8.78 Å². The Labute approximate surface area is 246 Å². The molecule has 2 aliphatic rings. The lowest BCUT2D eigenvalue weighted by Gasteiger charge is -2.41. The van der Waals surface area contributed by atoms with Crippen molar-refractivity contribution < 1.29 is 32.9 Å². The van der Waals surface area contributed by atoms with Crippen molar-refractivity contribution in [1.29, 1.82) is 0 Å². The molecule has 2 aromatic carbocycles. The maximum Gasteiger partial charge on any atom is 0.289 e. The highest BCUT2D eigenvalue weighted by Crippen LogP contribution is 2.39. The number of aliphatic hydroxyl groups is 1. The standard InChI is InChI=1S/C31H31F2N5O5/c1-30(2,40)14-38(3)28(39)19-6-4-18(5-7-19)21-12-35-27-25(21)24(8-9-34-27)43-26-22(32)10-20(11-23(26)33)37-29-36-13-31(17-42-29)15-41-16-31/h4-12,40H,13-17H2,1-3H3,(H,34,35)(H,36,37). The van der Waals surface area contributed by atoms with Crippen LogP contribution in [0.25, 0.3) is 22.2 Å². The van der Waals surface area contributed by atoms with Crippen LogP contribution in [-0.4, -0.2) is 77.5 Å². The molecule has 0 bridgehead atoms. The number of halogens is 2. The van der Waals surface area contributed by atoms with Gasteiger partial charge in [-0.05, 0) is 37.6 Å². The van der Waals surface area contributed by atoms with E-state index in [9.17, 15) is 9.90 Å². The molecular formula is C31H31F2N5O5. The molecule has 3 N–H and O–H groups in total. The van der Waals surface area contributed by atoms with Crippen LogP contribution in [0, 0.1) is 17.0 Å². The van der Waals surface area contributed by atoms with Crippen molar-refractivity contribution in [3.8, 4) is 22.6 Å². The summed E-state index contributed by atoms with van der Waals surface area (Å²) in [5.41, 5.74) is 1.30. The Morgan fingerprint density at radius 3 is 2.49 bits per heavy atom. The van der Waals surface area contributed by atoms with E-state index in [1.165, 1.54) is 17.2 Å². The number of rotatable bonds is 7. The van der Waals surface area contributed by atoms with Crippen molar-refractivity contribution in [2.75, 3.05) is 45.3 Å². The number of anilines is 1. The van der Waals surface area contributed by atoms with Gasteiger partial charge in [0.2, 0.25) is 0 Å². The van der Waals surface area contributed by atoms with Crippen LogP contribution in [0.4, 0.5) is 14.5 Å². The number of aliphatic imine (C=N–C) groups is 1. The molecule has 10 nitrogen and oxygen atoms in total. The zero-order valence-corrected chi connectivity index (χ0v) is 23.9. The zero-order chi connectivity index (χ0) is 30.4. The van der Waals surface area contributed by atoms with Crippen LogP contribution >= 0.6 is 0 Å². The number of nitrogens with zero attached hydrogens (tertiary/aromatic N) is 3. The minimum absolute atomic E-state index is 0.111. The molecule has 12 heteroatoms. The maximum atomic E-state index is 15.2. The molecule has 43 heavy (non-hydrogen) atoms. The number of ether oxygens (including phenoxy) is 3. The molecule has 1 amide bonds. The Kier molecular flexibility index (Phi) is 7.26. The fourth-order valence-corrected chi connectivity index (χ4v) is 5.16. The summed E-state index contributed by atoms with van der Waals surface area (Å²) in [6.45, 7) is 5.53. The topological polar surface area (TPSA) is 121 Å². The first-order valence-electron chi connectivity index (χ1n) is 13.7. The van der Waals surface area contributed by atoms with Crippen molar-refractivity contribution in [3.05, 3.63) is 72.1 Å². The van der Waals surface area contributed by atoms with E-state index < -0.39 is 23.0 Å². The summed E-state index contributed by atoms with van der Waals surface area (Å²) in [7, 11) is 1.63. The van der Waals surface area contributed by atoms with Crippen LogP contribution in [0.15, 0.2) is 59.9 Å². The van der Waals surface area contributed by atoms with E-state index in [1.807, 2.05) is 0 Å². The Bertz CT molecular complexity index is 1690. The smallest absolute Gasteiger partial charge is 0.289 e. The third-order valence-corrected chi connectivity index (χ3v) is 7.30. The first-order chi connectivity index (χ1) is 20.5. The number of hydrogen-bond acceptors (Lipinski definition) is 8. The average molecular weight is 592 g/mol. The number of benzene rings is 2. The molecule has 0 atom stereocenters. The first-order valence-corrected chi connectivity index (χ1v) is 13.7. The number of hydrogen-bond donors (Lipinski definition) is 3. The summed E-state index contributed by atoms with van der Waals surface area (Å²) in [6, 6.07) is 10.8. The van der Waals surface area contributed by atoms with Gasteiger partial charge in [-0.15, -0.1) is 0 Å². The predicted molar refractivity (Wildman–Crippen MR) is 156 cm³/mol. The quantitative estimate of drug-likeness (QED) is 0.278. The van der Waals surface area contributed by atoms with Gasteiger partial charge in [-0.25, -0.2) is 18.8 Å². The van der Waals surface area contributed by atoms with Gasteiger partial charge >= 0.3 is 0 Å². The Morgan fingerprint density at radius 1 is 1.16 bits per heavy atom. The summed E-state index contributed by atoms with van der Waals surface area (Å²) in [5.74, 6) is -2.44. The number of carbonyl (C=O) groups is 1. The molecule has 4 heterocycles. The number of amidine groups is 1. The second-order valence-corrected chi connectivity index (χ2v) is 11.7. The number of aromatic nitrogens is 2. The number of aromatic amines is 1. The second-order valence-electron chi connectivity index (χ2n) is 11.7. The summed E-state index contributed by atoms with van der Waals surface area (Å²) in [6.07, 6.45) is 3.19. The number of fused-ring (bicyclic) bond motifs is 1. The average Bonchev–Trinajstić information content (AvgIpc) is 3.38. The van der Waals surface area contributed by atoms with Crippen molar-refractivity contribution in [3.63, 3.8) is 0 Å². The molecule has 224 valence electrons.